The number of hydrogen-bond donors (Lipinski definition) is 1. The van der Waals surface area contributed by atoms with Crippen LogP contribution in [0.5, 0.6) is 11.5 Å². The molecular formula is C20H20F2N2O5S. The molecule has 0 saturated heterocycles. The molecule has 0 saturated carbocycles. The van der Waals surface area contributed by atoms with Gasteiger partial charge in [-0.15, -0.1) is 0 Å². The Hall–Kier alpha value is -3.14. The molecule has 160 valence electrons. The van der Waals surface area contributed by atoms with Crippen LogP contribution >= 0.6 is 0 Å². The lowest BCUT2D eigenvalue weighted by atomic mass is 10.0. The van der Waals surface area contributed by atoms with Crippen molar-refractivity contribution in [3.8, 4) is 11.5 Å². The van der Waals surface area contributed by atoms with Gasteiger partial charge in [-0.05, 0) is 37.6 Å². The molecule has 1 aliphatic rings. The zero-order valence-electron chi connectivity index (χ0n) is 16.7. The molecule has 1 aliphatic heterocycles. The highest BCUT2D eigenvalue weighted by Crippen LogP contribution is 2.45. The third-order valence-electron chi connectivity index (χ3n) is 4.74. The van der Waals surface area contributed by atoms with Gasteiger partial charge < -0.3 is 14.8 Å². The number of benzene rings is 2. The van der Waals surface area contributed by atoms with Crippen LogP contribution in [0.25, 0.3) is 5.57 Å². The molecule has 2 aromatic rings. The van der Waals surface area contributed by atoms with E-state index >= 15 is 0 Å². The van der Waals surface area contributed by atoms with Gasteiger partial charge in [0.2, 0.25) is 0 Å². The minimum absolute atomic E-state index is 0.0415. The van der Waals surface area contributed by atoms with Crippen molar-refractivity contribution < 1.29 is 31.5 Å². The number of nitrogens with one attached hydrogen (secondary N) is 1. The highest BCUT2D eigenvalue weighted by Gasteiger charge is 2.39. The van der Waals surface area contributed by atoms with Gasteiger partial charge in [-0.3, -0.25) is 9.10 Å². The van der Waals surface area contributed by atoms with Gasteiger partial charge in [0.15, 0.2) is 16.4 Å². The number of ether oxygens (including phenoxy) is 2. The molecule has 3 rings (SSSR count). The van der Waals surface area contributed by atoms with Crippen molar-refractivity contribution in [2.24, 2.45) is 0 Å². The summed E-state index contributed by atoms with van der Waals surface area (Å²) in [5.41, 5.74) is 0.611. The number of carbonyl (C=O) groups is 1. The van der Waals surface area contributed by atoms with E-state index in [0.717, 1.165) is 16.4 Å². The molecule has 0 fully saturated rings. The fraction of sp³-hybridized carbons (Fsp3) is 0.250. The fourth-order valence-electron chi connectivity index (χ4n) is 3.33. The number of sulfonamides is 1. The second-order valence-electron chi connectivity index (χ2n) is 6.43. The van der Waals surface area contributed by atoms with Crippen LogP contribution in [-0.2, 0) is 14.8 Å². The van der Waals surface area contributed by atoms with E-state index in [9.17, 15) is 22.0 Å². The first-order valence-corrected chi connectivity index (χ1v) is 10.4. The Balaban J connectivity index is 2.18. The summed E-state index contributed by atoms with van der Waals surface area (Å²) in [4.78, 5) is 12.4. The smallest absolute Gasteiger partial charge is 0.270 e. The number of rotatable bonds is 5. The number of allylic oxidation sites excluding steroid dienone is 1. The molecule has 0 aliphatic carbocycles. The average Bonchev–Trinajstić information content (AvgIpc) is 2.69. The summed E-state index contributed by atoms with van der Waals surface area (Å²) < 4.78 is 65.2. The molecule has 30 heavy (non-hydrogen) atoms. The Morgan fingerprint density at radius 3 is 2.30 bits per heavy atom. The van der Waals surface area contributed by atoms with E-state index in [2.05, 4.69) is 5.32 Å². The van der Waals surface area contributed by atoms with Crippen LogP contribution in [0.4, 0.5) is 20.2 Å². The Morgan fingerprint density at radius 2 is 1.73 bits per heavy atom. The van der Waals surface area contributed by atoms with Crippen molar-refractivity contribution in [2.45, 2.75) is 13.8 Å². The van der Waals surface area contributed by atoms with Gasteiger partial charge in [0, 0.05) is 24.2 Å². The molecule has 1 heterocycles. The number of halogens is 2. The zero-order chi connectivity index (χ0) is 22.2. The average molecular weight is 438 g/mol. The maximum absolute atomic E-state index is 14.0. The van der Waals surface area contributed by atoms with Crippen LogP contribution < -0.4 is 19.1 Å². The van der Waals surface area contributed by atoms with Gasteiger partial charge in [0.25, 0.3) is 15.9 Å². The van der Waals surface area contributed by atoms with Crippen molar-refractivity contribution in [3.63, 3.8) is 0 Å². The second kappa shape index (κ2) is 7.94. The van der Waals surface area contributed by atoms with Gasteiger partial charge in [-0.1, -0.05) is 0 Å². The largest absolute Gasteiger partial charge is 0.493 e. The third kappa shape index (κ3) is 3.47. The molecule has 0 atom stereocenters. The standard InChI is InChI=1S/C20H20F2N2O5S/c1-5-24-16-10-18(29-4)17(28-3)9-13(16)11(2)19(30(24,26)27)20(25)23-15-7-6-12(21)8-14(15)22/h6-10H,5H2,1-4H3,(H,23,25). The fourth-order valence-corrected chi connectivity index (χ4v) is 5.08. The molecule has 0 spiro atoms. The van der Waals surface area contributed by atoms with E-state index in [0.29, 0.717) is 28.8 Å². The van der Waals surface area contributed by atoms with Crippen LogP contribution in [0.1, 0.15) is 19.4 Å². The number of hydrogen-bond acceptors (Lipinski definition) is 5. The maximum atomic E-state index is 14.0. The van der Waals surface area contributed by atoms with Crippen molar-refractivity contribution in [3.05, 3.63) is 52.4 Å². The van der Waals surface area contributed by atoms with Crippen molar-refractivity contribution in [1.82, 2.24) is 0 Å². The first kappa shape index (κ1) is 21.6. The number of carbonyl (C=O) groups excluding carboxylic acids is 1. The third-order valence-corrected chi connectivity index (χ3v) is 6.78. The zero-order valence-corrected chi connectivity index (χ0v) is 17.6. The van der Waals surface area contributed by atoms with E-state index in [1.165, 1.54) is 27.2 Å². The van der Waals surface area contributed by atoms with Crippen LogP contribution in [-0.4, -0.2) is 35.1 Å². The Morgan fingerprint density at radius 1 is 1.10 bits per heavy atom. The summed E-state index contributed by atoms with van der Waals surface area (Å²) in [5.74, 6) is -2.18. The van der Waals surface area contributed by atoms with Crippen molar-refractivity contribution in [2.75, 3.05) is 30.4 Å². The summed E-state index contributed by atoms with van der Waals surface area (Å²) in [6, 6.07) is 5.67. The summed E-state index contributed by atoms with van der Waals surface area (Å²) >= 11 is 0. The van der Waals surface area contributed by atoms with Crippen molar-refractivity contribution >= 4 is 32.9 Å². The molecule has 7 nitrogen and oxygen atoms in total. The molecule has 2 aromatic carbocycles. The Labute approximate surface area is 173 Å². The quantitative estimate of drug-likeness (QED) is 0.772. The summed E-state index contributed by atoms with van der Waals surface area (Å²) in [5, 5.41) is 2.22. The summed E-state index contributed by atoms with van der Waals surface area (Å²) in [6.07, 6.45) is 0. The van der Waals surface area contributed by atoms with Crippen LogP contribution in [0.3, 0.4) is 0 Å². The predicted octanol–water partition coefficient (Wildman–Crippen LogP) is 3.52. The van der Waals surface area contributed by atoms with Crippen LogP contribution in [0.15, 0.2) is 35.2 Å². The molecule has 0 radical (unpaired) electrons. The molecule has 0 aromatic heterocycles. The lowest BCUT2D eigenvalue weighted by Gasteiger charge is -2.32. The van der Waals surface area contributed by atoms with Crippen LogP contribution in [0, 0.1) is 11.6 Å². The molecule has 1 amide bonds. The minimum Gasteiger partial charge on any atom is -0.493 e. The topological polar surface area (TPSA) is 84.9 Å². The summed E-state index contributed by atoms with van der Waals surface area (Å²) in [6.45, 7) is 3.14. The number of anilines is 2. The van der Waals surface area contributed by atoms with E-state index in [4.69, 9.17) is 9.47 Å². The van der Waals surface area contributed by atoms with E-state index in [-0.39, 0.29) is 17.8 Å². The van der Waals surface area contributed by atoms with E-state index in [1.54, 1.807) is 13.0 Å². The normalized spacial score (nSPS) is 14.9. The monoisotopic (exact) mass is 438 g/mol. The predicted molar refractivity (Wildman–Crippen MR) is 109 cm³/mol. The maximum Gasteiger partial charge on any atom is 0.270 e. The molecule has 1 N–H and O–H groups in total. The van der Waals surface area contributed by atoms with E-state index < -0.39 is 32.5 Å². The molecule has 0 bridgehead atoms. The molecular weight excluding hydrogens is 418 g/mol. The SMILES string of the molecule is CCN1c2cc(OC)c(OC)cc2C(C)=C(C(=O)Nc2ccc(F)cc2F)S1(=O)=O. The molecule has 10 heteroatoms. The second-order valence-corrected chi connectivity index (χ2v) is 8.23. The van der Waals surface area contributed by atoms with Gasteiger partial charge >= 0.3 is 0 Å². The van der Waals surface area contributed by atoms with E-state index in [1.807, 2.05) is 0 Å². The van der Waals surface area contributed by atoms with Gasteiger partial charge in [0.1, 0.15) is 11.6 Å². The summed E-state index contributed by atoms with van der Waals surface area (Å²) in [7, 11) is -1.39. The van der Waals surface area contributed by atoms with Gasteiger partial charge in [-0.25, -0.2) is 17.2 Å². The Kier molecular flexibility index (Phi) is 5.71. The van der Waals surface area contributed by atoms with Crippen LogP contribution in [0.2, 0.25) is 0 Å². The number of amides is 1. The Bertz CT molecular complexity index is 1160. The first-order chi connectivity index (χ1) is 14.1. The number of nitrogens with zero attached hydrogens (tertiary/aromatic N) is 1. The lowest BCUT2D eigenvalue weighted by Crippen LogP contribution is -2.39. The lowest BCUT2D eigenvalue weighted by molar-refractivity contribution is -0.112. The van der Waals surface area contributed by atoms with Gasteiger partial charge in [-0.2, -0.15) is 0 Å². The van der Waals surface area contributed by atoms with Gasteiger partial charge in [0.05, 0.1) is 25.6 Å². The molecule has 0 unspecified atom stereocenters. The number of fused-ring (bicyclic) bond motifs is 1. The van der Waals surface area contributed by atoms with Crippen molar-refractivity contribution in [1.29, 1.82) is 0 Å². The highest BCUT2D eigenvalue weighted by molar-refractivity contribution is 7.97. The highest BCUT2D eigenvalue weighted by atomic mass is 32.2. The minimum atomic E-state index is -4.25. The number of methoxy groups -OCH3 is 2. The first-order valence-electron chi connectivity index (χ1n) is 8.92.